The Morgan fingerprint density at radius 2 is 1.97 bits per heavy atom. The predicted octanol–water partition coefficient (Wildman–Crippen LogP) is 2.64. The fourth-order valence-corrected chi connectivity index (χ4v) is 6.40. The van der Waals surface area contributed by atoms with Crippen LogP contribution in [-0.4, -0.2) is 60.5 Å². The van der Waals surface area contributed by atoms with E-state index < -0.39 is 33.1 Å². The van der Waals surface area contributed by atoms with Crippen LogP contribution < -0.4 is 14.2 Å². The summed E-state index contributed by atoms with van der Waals surface area (Å²) in [5.74, 6) is -2.64. The van der Waals surface area contributed by atoms with Crippen LogP contribution in [0.25, 0.3) is 11.4 Å². The highest BCUT2D eigenvalue weighted by Gasteiger charge is 2.60. The van der Waals surface area contributed by atoms with Crippen LogP contribution in [0.15, 0.2) is 32.3 Å². The number of aromatic nitrogens is 4. The Morgan fingerprint density at radius 1 is 1.26 bits per heavy atom. The van der Waals surface area contributed by atoms with Crippen LogP contribution in [0, 0.1) is 5.41 Å². The highest BCUT2D eigenvalue weighted by molar-refractivity contribution is 7.89. The average Bonchev–Trinajstić information content (AvgIpc) is 3.18. The first-order valence-corrected chi connectivity index (χ1v) is 13.0. The third-order valence-electron chi connectivity index (χ3n) is 6.77. The van der Waals surface area contributed by atoms with E-state index >= 15 is 0 Å². The molecule has 0 bridgehead atoms. The first-order chi connectivity index (χ1) is 17.9. The van der Waals surface area contributed by atoms with Crippen LogP contribution in [0.5, 0.6) is 11.7 Å². The van der Waals surface area contributed by atoms with E-state index in [0.717, 1.165) is 11.4 Å². The Bertz CT molecular complexity index is 1500. The lowest BCUT2D eigenvalue weighted by Gasteiger charge is -2.30. The number of carbonyl (C=O) groups excluding carboxylic acids is 1. The van der Waals surface area contributed by atoms with Crippen molar-refractivity contribution in [3.05, 3.63) is 29.1 Å². The number of carbonyl (C=O) groups is 1. The smallest absolute Gasteiger partial charge is 0.491 e. The third kappa shape index (κ3) is 4.60. The molecule has 1 atom stereocenters. The molecule has 1 spiro atoms. The van der Waals surface area contributed by atoms with E-state index in [2.05, 4.69) is 24.7 Å². The summed E-state index contributed by atoms with van der Waals surface area (Å²) in [7, 11) is -1.75. The lowest BCUT2D eigenvalue weighted by atomic mass is 9.92. The second kappa shape index (κ2) is 9.20. The topological polar surface area (TPSA) is 142 Å². The van der Waals surface area contributed by atoms with Gasteiger partial charge < -0.3 is 14.0 Å². The van der Waals surface area contributed by atoms with Crippen LogP contribution >= 0.6 is 11.6 Å². The highest BCUT2D eigenvalue weighted by atomic mass is 35.5. The van der Waals surface area contributed by atoms with Gasteiger partial charge in [0, 0.05) is 24.0 Å². The number of rotatable bonds is 6. The van der Waals surface area contributed by atoms with Gasteiger partial charge in [-0.15, -0.1) is 0 Å². The molecule has 2 aromatic heterocycles. The lowest BCUT2D eigenvalue weighted by Crippen LogP contribution is -2.45. The number of benzene rings is 1. The van der Waals surface area contributed by atoms with E-state index in [1.807, 2.05) is 0 Å². The van der Waals surface area contributed by atoms with Crippen molar-refractivity contribution >= 4 is 27.6 Å². The van der Waals surface area contributed by atoms with Crippen LogP contribution in [-0.2, 0) is 21.9 Å². The summed E-state index contributed by atoms with van der Waals surface area (Å²) < 4.78 is 85.6. The molecule has 1 unspecified atom stereocenters. The highest BCUT2D eigenvalue weighted by Crippen LogP contribution is 2.65. The fourth-order valence-electron chi connectivity index (χ4n) is 4.67. The molecule has 1 aliphatic carbocycles. The molecule has 0 N–H and O–H groups in total. The Labute approximate surface area is 218 Å². The molecule has 12 nitrogen and oxygen atoms in total. The summed E-state index contributed by atoms with van der Waals surface area (Å²) in [4.78, 5) is 15.7. The molecule has 0 amide bonds. The number of alkyl halides is 3. The summed E-state index contributed by atoms with van der Waals surface area (Å²) in [6.45, 7) is 0.111. The summed E-state index contributed by atoms with van der Waals surface area (Å²) in [6.07, 6.45) is -3.79. The third-order valence-corrected chi connectivity index (χ3v) is 8.97. The largest absolute Gasteiger partial charge is 0.496 e. The molecule has 38 heavy (non-hydrogen) atoms. The van der Waals surface area contributed by atoms with E-state index in [0.29, 0.717) is 52.0 Å². The number of hydrogen-bond acceptors (Lipinski definition) is 10. The maximum atomic E-state index is 13.2. The van der Waals surface area contributed by atoms with Crippen molar-refractivity contribution in [1.82, 2.24) is 19.7 Å². The van der Waals surface area contributed by atoms with Crippen molar-refractivity contribution in [2.24, 2.45) is 12.5 Å². The first kappa shape index (κ1) is 26.4. The molecule has 5 rings (SSSR count). The first-order valence-electron chi connectivity index (χ1n) is 11.2. The second-order valence-corrected chi connectivity index (χ2v) is 11.3. The van der Waals surface area contributed by atoms with Gasteiger partial charge in [-0.2, -0.15) is 22.5 Å². The number of sulfonamides is 1. The molecule has 2 aliphatic rings. The van der Waals surface area contributed by atoms with Gasteiger partial charge in [0.25, 0.3) is 0 Å². The molecular formula is C21H20ClF3N5O7S+. The van der Waals surface area contributed by atoms with Gasteiger partial charge in [0.15, 0.2) is 7.05 Å². The van der Waals surface area contributed by atoms with Crippen molar-refractivity contribution in [3.63, 3.8) is 0 Å². The van der Waals surface area contributed by atoms with E-state index in [1.165, 1.54) is 7.11 Å². The summed E-state index contributed by atoms with van der Waals surface area (Å²) >= 11 is 6.09. The quantitative estimate of drug-likeness (QED) is 0.316. The number of esters is 1. The van der Waals surface area contributed by atoms with Crippen molar-refractivity contribution in [2.45, 2.75) is 36.4 Å². The Balaban J connectivity index is 1.29. The molecule has 17 heteroatoms. The number of halogens is 4. The van der Waals surface area contributed by atoms with Gasteiger partial charge in [-0.25, -0.2) is 13.2 Å². The Morgan fingerprint density at radius 3 is 2.63 bits per heavy atom. The number of methoxy groups -OCH3 is 1. The molecule has 2 fully saturated rings. The molecule has 3 heterocycles. The van der Waals surface area contributed by atoms with Crippen molar-refractivity contribution in [3.8, 4) is 23.1 Å². The maximum Gasteiger partial charge on any atom is 0.491 e. The van der Waals surface area contributed by atoms with Crippen LogP contribution in [0.1, 0.15) is 31.1 Å². The van der Waals surface area contributed by atoms with Gasteiger partial charge in [0.1, 0.15) is 5.75 Å². The standard InChI is InChI=1S/C21H20ClF3N5O7S/c1-29-17(18(37-28-29)35-19(31)21(23,24)25)38(32,33)30-7-5-20(6-8-30)10-13(20)16-26-15(27-36-16)12-9-11(22)3-4-14(12)34-2/h3-4,9,13H,5-8,10H2,1-2H3/q+1. The van der Waals surface area contributed by atoms with Crippen LogP contribution in [0.3, 0.4) is 0 Å². The molecule has 0 radical (unpaired) electrons. The summed E-state index contributed by atoms with van der Waals surface area (Å²) in [6, 6.07) is 5.02. The van der Waals surface area contributed by atoms with Crippen LogP contribution in [0.2, 0.25) is 5.02 Å². The van der Waals surface area contributed by atoms with Gasteiger partial charge in [-0.05, 0) is 47.6 Å². The van der Waals surface area contributed by atoms with Crippen molar-refractivity contribution in [2.75, 3.05) is 20.2 Å². The zero-order valence-corrected chi connectivity index (χ0v) is 21.4. The van der Waals surface area contributed by atoms with Crippen molar-refractivity contribution in [1.29, 1.82) is 0 Å². The second-order valence-electron chi connectivity index (χ2n) is 9.00. The SMILES string of the molecule is COc1ccc(Cl)cc1-c1noc(C2CC23CCN(S(=O)(=O)c2c(OC(=O)C(F)(F)F)on[n+]2C)CC3)n1. The predicted molar refractivity (Wildman–Crippen MR) is 118 cm³/mol. The monoisotopic (exact) mass is 578 g/mol. The minimum atomic E-state index is -5.35. The van der Waals surface area contributed by atoms with Gasteiger partial charge in [-0.3, -0.25) is 4.52 Å². The molecule has 1 aromatic carbocycles. The average molecular weight is 579 g/mol. The maximum absolute atomic E-state index is 13.2. The summed E-state index contributed by atoms with van der Waals surface area (Å²) in [5.41, 5.74) is 0.297. The zero-order valence-electron chi connectivity index (χ0n) is 19.9. The van der Waals surface area contributed by atoms with Crippen molar-refractivity contribution < 1.29 is 49.6 Å². The summed E-state index contributed by atoms with van der Waals surface area (Å²) in [5, 5.41) is 7.03. The zero-order chi connectivity index (χ0) is 27.5. The molecule has 3 aromatic rings. The Kier molecular flexibility index (Phi) is 6.38. The van der Waals surface area contributed by atoms with Gasteiger partial charge in [-0.1, -0.05) is 16.8 Å². The normalized spacial score (nSPS) is 19.5. The van der Waals surface area contributed by atoms with E-state index in [1.54, 1.807) is 18.2 Å². The molecule has 1 aliphatic heterocycles. The van der Waals surface area contributed by atoms with E-state index in [-0.39, 0.29) is 24.4 Å². The number of hydrogen-bond donors (Lipinski definition) is 0. The minimum absolute atomic E-state index is 0.0553. The number of ether oxygens (including phenoxy) is 2. The number of aryl methyl sites for hydroxylation is 1. The minimum Gasteiger partial charge on any atom is -0.496 e. The number of nitrogens with zero attached hydrogens (tertiary/aromatic N) is 5. The molecule has 1 saturated heterocycles. The molecule has 204 valence electrons. The van der Waals surface area contributed by atoms with Gasteiger partial charge >= 0.3 is 33.1 Å². The molecular weight excluding hydrogens is 559 g/mol. The van der Waals surface area contributed by atoms with Gasteiger partial charge in [0.05, 0.1) is 12.7 Å². The lowest BCUT2D eigenvalue weighted by molar-refractivity contribution is -0.773. The number of piperidine rings is 1. The van der Waals surface area contributed by atoms with Gasteiger partial charge in [0.2, 0.25) is 17.0 Å². The van der Waals surface area contributed by atoms with Crippen LogP contribution in [0.4, 0.5) is 13.2 Å². The van der Waals surface area contributed by atoms with E-state index in [4.69, 9.17) is 20.9 Å². The van der Waals surface area contributed by atoms with E-state index in [9.17, 15) is 26.4 Å². The molecule has 1 saturated carbocycles. The fraction of sp³-hybridized carbons (Fsp3) is 0.476. The Hall–Kier alpha value is -3.24.